The van der Waals surface area contributed by atoms with Gasteiger partial charge in [0, 0.05) is 30.8 Å². The van der Waals surface area contributed by atoms with Crippen LogP contribution in [0.25, 0.3) is 0 Å². The molecular formula is C35H56N6O8. The molecule has 0 aliphatic carbocycles. The van der Waals surface area contributed by atoms with Crippen molar-refractivity contribution in [1.82, 2.24) is 31.2 Å². The van der Waals surface area contributed by atoms with Crippen molar-refractivity contribution < 1.29 is 39.2 Å². The van der Waals surface area contributed by atoms with Crippen LogP contribution >= 0.6 is 0 Å². The zero-order chi connectivity index (χ0) is 36.5. The van der Waals surface area contributed by atoms with E-state index in [2.05, 4.69) is 31.2 Å². The number of ether oxygens (including phenoxy) is 1. The van der Waals surface area contributed by atoms with Crippen LogP contribution in [0.4, 0.5) is 0 Å². The van der Waals surface area contributed by atoms with Crippen molar-refractivity contribution in [2.45, 2.75) is 97.6 Å². The molecule has 1 aromatic carbocycles. The van der Waals surface area contributed by atoms with Crippen LogP contribution in [0.3, 0.4) is 0 Å². The number of nitrogens with one attached hydrogen (secondary N) is 5. The summed E-state index contributed by atoms with van der Waals surface area (Å²) in [7, 11) is 0. The highest BCUT2D eigenvalue weighted by Gasteiger charge is 2.35. The summed E-state index contributed by atoms with van der Waals surface area (Å²) in [6.45, 7) is 10.3. The van der Waals surface area contributed by atoms with E-state index in [1.807, 2.05) is 47.6 Å². The van der Waals surface area contributed by atoms with Gasteiger partial charge in [-0.05, 0) is 42.7 Å². The molecule has 1 aromatic heterocycles. The van der Waals surface area contributed by atoms with Gasteiger partial charge >= 0.3 is 0 Å². The minimum Gasteiger partial charge on any atom is -0.484 e. The minimum absolute atomic E-state index is 0.00171. The van der Waals surface area contributed by atoms with Crippen LogP contribution < -0.4 is 26.0 Å². The van der Waals surface area contributed by atoms with E-state index in [0.29, 0.717) is 24.3 Å². The molecule has 4 amide bonds. The highest BCUT2D eigenvalue weighted by molar-refractivity contribution is 5.89. The zero-order valence-corrected chi connectivity index (χ0v) is 29.5. The summed E-state index contributed by atoms with van der Waals surface area (Å²) in [5.74, 6) is -2.52. The lowest BCUT2D eigenvalue weighted by molar-refractivity contribution is -0.134. The average Bonchev–Trinajstić information content (AvgIpc) is 3.59. The first-order chi connectivity index (χ1) is 23.2. The van der Waals surface area contributed by atoms with Crippen molar-refractivity contribution in [2.75, 3.05) is 19.8 Å². The van der Waals surface area contributed by atoms with Crippen LogP contribution in [-0.4, -0.2) is 99.0 Å². The van der Waals surface area contributed by atoms with E-state index < -0.39 is 66.5 Å². The maximum atomic E-state index is 13.7. The first-order valence-electron chi connectivity index (χ1n) is 17.0. The Labute approximate surface area is 289 Å². The highest BCUT2D eigenvalue weighted by Crippen LogP contribution is 2.23. The topological polar surface area (TPSA) is 215 Å². The molecule has 2 aromatic rings. The third-order valence-electron chi connectivity index (χ3n) is 8.41. The normalized spacial score (nSPS) is 15.7. The fourth-order valence-corrected chi connectivity index (χ4v) is 5.29. The third kappa shape index (κ3) is 14.6. The molecule has 49 heavy (non-hydrogen) atoms. The van der Waals surface area contributed by atoms with Crippen molar-refractivity contribution in [3.8, 4) is 5.75 Å². The number of hydrogen-bond donors (Lipinski definition) is 8. The molecule has 274 valence electrons. The van der Waals surface area contributed by atoms with Gasteiger partial charge in [-0.3, -0.25) is 19.2 Å². The summed E-state index contributed by atoms with van der Waals surface area (Å²) in [6.07, 6.45) is 1.87. The van der Waals surface area contributed by atoms with Crippen LogP contribution in [0.5, 0.6) is 5.75 Å². The van der Waals surface area contributed by atoms with E-state index in [0.717, 1.165) is 0 Å². The molecule has 2 unspecified atom stereocenters. The number of imidazole rings is 1. The second-order valence-electron chi connectivity index (χ2n) is 13.4. The highest BCUT2D eigenvalue weighted by atomic mass is 16.5. The van der Waals surface area contributed by atoms with Gasteiger partial charge in [-0.25, -0.2) is 4.98 Å². The number of rotatable bonds is 22. The summed E-state index contributed by atoms with van der Waals surface area (Å²) in [4.78, 5) is 60.1. The van der Waals surface area contributed by atoms with E-state index >= 15 is 0 Å². The maximum absolute atomic E-state index is 13.7. The molecule has 0 fully saturated rings. The van der Waals surface area contributed by atoms with Crippen molar-refractivity contribution in [3.63, 3.8) is 0 Å². The van der Waals surface area contributed by atoms with Gasteiger partial charge in [0.2, 0.25) is 17.7 Å². The Morgan fingerprint density at radius 1 is 0.918 bits per heavy atom. The van der Waals surface area contributed by atoms with Crippen molar-refractivity contribution in [2.24, 2.45) is 23.7 Å². The summed E-state index contributed by atoms with van der Waals surface area (Å²) in [5.41, 5.74) is 0.618. The predicted molar refractivity (Wildman–Crippen MR) is 184 cm³/mol. The molecule has 7 atom stereocenters. The number of nitrogens with zero attached hydrogens (tertiary/aromatic N) is 1. The van der Waals surface area contributed by atoms with Crippen LogP contribution in [0, 0.1) is 23.7 Å². The number of carbonyl (C=O) groups is 4. The Balaban J connectivity index is 2.19. The van der Waals surface area contributed by atoms with E-state index in [1.165, 1.54) is 6.33 Å². The molecule has 2 rings (SSSR count). The second-order valence-corrected chi connectivity index (χ2v) is 13.4. The number of amides is 4. The van der Waals surface area contributed by atoms with Gasteiger partial charge in [-0.15, -0.1) is 0 Å². The van der Waals surface area contributed by atoms with E-state index in [4.69, 9.17) is 9.84 Å². The Hall–Kier alpha value is -4.01. The molecular weight excluding hydrogens is 632 g/mol. The van der Waals surface area contributed by atoms with Crippen LogP contribution in [0.2, 0.25) is 0 Å². The van der Waals surface area contributed by atoms with Gasteiger partial charge in [0.1, 0.15) is 17.8 Å². The standard InChI is InChI=1S/C35H56N6O8/c1-7-23(6)32(35(48)37-17-25(43)18-42)41-33(46)27(22(4)5)15-30(44)28(13-21(2)3)40-34(47)29(14-24-16-36-20-38-24)39-31(45)19-49-26-11-9-8-10-12-26/h8-12,16,20-23,25,27-30,32,42-44H,7,13-15,17-19H2,1-6H3,(H,36,38)(H,37,48)(H,39,45)(H,40,47)(H,41,46)/t23-,25?,27-,28?,29-,30-,32-/m0/s1. The number of para-hydroxylation sites is 1. The van der Waals surface area contributed by atoms with Crippen LogP contribution in [0.1, 0.15) is 66.5 Å². The van der Waals surface area contributed by atoms with Gasteiger partial charge in [-0.1, -0.05) is 66.2 Å². The quantitative estimate of drug-likeness (QED) is 0.0887. The summed E-state index contributed by atoms with van der Waals surface area (Å²) >= 11 is 0. The van der Waals surface area contributed by atoms with Gasteiger partial charge < -0.3 is 46.3 Å². The molecule has 1 heterocycles. The first kappa shape index (κ1) is 41.2. The molecule has 0 aliphatic rings. The molecule has 14 nitrogen and oxygen atoms in total. The Bertz CT molecular complexity index is 1280. The summed E-state index contributed by atoms with van der Waals surface area (Å²) in [6, 6.07) is 6.16. The van der Waals surface area contributed by atoms with E-state index in [9.17, 15) is 29.4 Å². The fraction of sp³-hybridized carbons (Fsp3) is 0.629. The number of benzene rings is 1. The number of hydrogen-bond acceptors (Lipinski definition) is 9. The van der Waals surface area contributed by atoms with Gasteiger partial charge in [0.25, 0.3) is 5.91 Å². The zero-order valence-electron chi connectivity index (χ0n) is 29.5. The van der Waals surface area contributed by atoms with Crippen molar-refractivity contribution >= 4 is 23.6 Å². The Kier molecular flexibility index (Phi) is 17.8. The fourth-order valence-electron chi connectivity index (χ4n) is 5.29. The first-order valence-corrected chi connectivity index (χ1v) is 17.0. The van der Waals surface area contributed by atoms with E-state index in [1.54, 1.807) is 30.5 Å². The predicted octanol–water partition coefficient (Wildman–Crippen LogP) is 1.07. The Morgan fingerprint density at radius 3 is 2.18 bits per heavy atom. The van der Waals surface area contributed by atoms with Crippen LogP contribution in [-0.2, 0) is 25.6 Å². The summed E-state index contributed by atoms with van der Waals surface area (Å²) < 4.78 is 5.55. The molecule has 0 spiro atoms. The van der Waals surface area contributed by atoms with Crippen molar-refractivity contribution in [1.29, 1.82) is 0 Å². The molecule has 0 saturated carbocycles. The number of aliphatic hydroxyl groups is 3. The molecule has 0 saturated heterocycles. The second kappa shape index (κ2) is 21.2. The average molecular weight is 689 g/mol. The number of H-pyrrole nitrogens is 1. The maximum Gasteiger partial charge on any atom is 0.258 e. The largest absolute Gasteiger partial charge is 0.484 e. The monoisotopic (exact) mass is 688 g/mol. The Morgan fingerprint density at radius 2 is 1.61 bits per heavy atom. The van der Waals surface area contributed by atoms with Gasteiger partial charge in [-0.2, -0.15) is 0 Å². The molecule has 0 aliphatic heterocycles. The lowest BCUT2D eigenvalue weighted by Gasteiger charge is -2.32. The lowest BCUT2D eigenvalue weighted by atomic mass is 9.85. The lowest BCUT2D eigenvalue weighted by Crippen LogP contribution is -2.55. The molecule has 0 bridgehead atoms. The smallest absolute Gasteiger partial charge is 0.258 e. The SMILES string of the molecule is CC[C@H](C)[C@H](NC(=O)[C@@H](C[C@H](O)C(CC(C)C)NC(=O)[C@H](Cc1cnc[nH]1)NC(=O)COc1ccccc1)C(C)C)C(=O)NCC(O)CO. The van der Waals surface area contributed by atoms with Gasteiger partial charge in [0.15, 0.2) is 6.61 Å². The molecule has 8 N–H and O–H groups in total. The minimum atomic E-state index is -1.13. The summed E-state index contributed by atoms with van der Waals surface area (Å²) in [5, 5.41) is 41.4. The number of aromatic amines is 1. The number of aliphatic hydroxyl groups excluding tert-OH is 3. The van der Waals surface area contributed by atoms with Crippen LogP contribution in [0.15, 0.2) is 42.9 Å². The number of aromatic nitrogens is 2. The molecule has 0 radical (unpaired) electrons. The number of carbonyl (C=O) groups excluding carboxylic acids is 4. The van der Waals surface area contributed by atoms with E-state index in [-0.39, 0.29) is 43.7 Å². The van der Waals surface area contributed by atoms with Gasteiger partial charge in [0.05, 0.1) is 31.2 Å². The third-order valence-corrected chi connectivity index (χ3v) is 8.41. The van der Waals surface area contributed by atoms with Crippen molar-refractivity contribution in [3.05, 3.63) is 48.5 Å². The molecule has 14 heteroatoms.